The molecule has 18 atom stereocenters. The van der Waals surface area contributed by atoms with Gasteiger partial charge in [0.25, 0.3) is 0 Å². The fourth-order valence-electron chi connectivity index (χ4n) is 23.4. The van der Waals surface area contributed by atoms with Crippen LogP contribution in [0.5, 0.6) is 0 Å². The lowest BCUT2D eigenvalue weighted by molar-refractivity contribution is -0.377. The summed E-state index contributed by atoms with van der Waals surface area (Å²) in [6.07, 6.45) is 93.8. The molecule has 0 aromatic carbocycles. The quantitative estimate of drug-likeness (QED) is 0.0223. The molecule has 0 saturated carbocycles. The van der Waals surface area contributed by atoms with E-state index in [-0.39, 0.29) is 41.2 Å². The first kappa shape index (κ1) is 142. The Kier molecular flexibility index (Phi) is 93.1. The lowest BCUT2D eigenvalue weighted by Crippen LogP contribution is -2.66. The summed E-state index contributed by atoms with van der Waals surface area (Å²) in [7, 11) is 0. The van der Waals surface area contributed by atoms with Gasteiger partial charge < -0.3 is 53.2 Å². The van der Waals surface area contributed by atoms with Gasteiger partial charge in [-0.05, 0) is 107 Å². The Balaban J connectivity index is 2.69. The fraction of sp³-hybridized carbons (Fsp3) is 0.903. The molecule has 2 aliphatic heterocycles. The van der Waals surface area contributed by atoms with Gasteiger partial charge in [0.1, 0.15) is 31.0 Å². The molecular formula is C134H248O16. The van der Waals surface area contributed by atoms with E-state index in [1.54, 1.807) is 27.7 Å². The van der Waals surface area contributed by atoms with Crippen LogP contribution < -0.4 is 0 Å². The molecule has 0 radical (unpaired) electrons. The number of ether oxygens (including phenoxy) is 8. The summed E-state index contributed by atoms with van der Waals surface area (Å²) in [5.41, 5.74) is 1.18. The summed E-state index contributed by atoms with van der Waals surface area (Å²) in [6, 6.07) is 0. The minimum absolute atomic E-state index is 0.00147. The van der Waals surface area contributed by atoms with Crippen LogP contribution in [-0.2, 0) is 61.9 Å². The molecule has 2 aliphatic rings. The van der Waals surface area contributed by atoms with Crippen LogP contribution in [0.25, 0.3) is 0 Å². The van der Waals surface area contributed by atoms with E-state index in [9.17, 15) is 29.7 Å². The van der Waals surface area contributed by atoms with Crippen molar-refractivity contribution in [3.05, 3.63) is 46.6 Å². The largest absolute Gasteiger partial charge is 0.459 e. The lowest BCUT2D eigenvalue weighted by Gasteiger charge is -2.47. The van der Waals surface area contributed by atoms with Crippen LogP contribution in [0, 0.1) is 47.3 Å². The standard InChI is InChI=1S/C134H248O16/c1-18-23-28-33-38-43-48-53-57-59-60-62-67-71-76-80-85-90-95-110(8)100-114(12)104-118(16)131(141)148-126-123(137)121(107-143-129(139)116(14)102-112(10)98-108(6)93-88-83-78-73-68-64-55-50-45-40-35-30-25-20-3)145-134(128(126)146-122(136)97-92-87-82-77-72-63-52-47-42-37-32-27-22-5)150-133-127(149-132(142)119(17)105-115(13)101-111(9)96-91-86-81-75-70-66-61-58-54-49-44-39-34-29-24-19-2)124(138)125(120(106-135)144-133)147-130(140)117(15)103-113(11)99-109(7)94-89-84-79-74-69-65-56-51-46-41-36-31-26-21-4/h102-105,108-115,120-121,123-128,133-135,137-138H,18-101,106-107H2,1-17H3/b116-102+,117-103+,118-104+,119-105+/t108-,109-,110-,111-,112-,113-,114-,115-,120?,121?,123+,124?,125+,126?,127-,128+,133+,134+/m0/s1. The summed E-state index contributed by atoms with van der Waals surface area (Å²) >= 11 is 0. The maximum Gasteiger partial charge on any atom is 0.333 e. The minimum Gasteiger partial charge on any atom is -0.459 e. The van der Waals surface area contributed by atoms with E-state index in [1.807, 2.05) is 24.3 Å². The molecule has 16 nitrogen and oxygen atoms in total. The van der Waals surface area contributed by atoms with Crippen LogP contribution in [0.4, 0.5) is 0 Å². The molecule has 4 unspecified atom stereocenters. The van der Waals surface area contributed by atoms with Gasteiger partial charge in [0.15, 0.2) is 24.4 Å². The van der Waals surface area contributed by atoms with Gasteiger partial charge in [-0.3, -0.25) is 4.79 Å². The smallest absolute Gasteiger partial charge is 0.333 e. The van der Waals surface area contributed by atoms with Crippen molar-refractivity contribution < 1.29 is 77.2 Å². The zero-order valence-corrected chi connectivity index (χ0v) is 102. The molecule has 2 fully saturated rings. The summed E-state index contributed by atoms with van der Waals surface area (Å²) in [4.78, 5) is 74.2. The first-order chi connectivity index (χ1) is 72.7. The first-order valence-electron chi connectivity index (χ1n) is 65.4. The molecule has 0 aromatic heterocycles. The van der Waals surface area contributed by atoms with Crippen molar-refractivity contribution in [2.24, 2.45) is 47.3 Å². The maximum atomic E-state index is 15.1. The molecule has 3 N–H and O–H groups in total. The summed E-state index contributed by atoms with van der Waals surface area (Å²) in [5.74, 6) is -2.17. The Morgan fingerprint density at radius 1 is 0.247 bits per heavy atom. The van der Waals surface area contributed by atoms with Crippen LogP contribution in [0.1, 0.15) is 657 Å². The number of hydrogen-bond donors (Lipinski definition) is 3. The predicted molar refractivity (Wildman–Crippen MR) is 633 cm³/mol. The zero-order chi connectivity index (χ0) is 110. The number of rotatable bonds is 105. The number of hydrogen-bond acceptors (Lipinski definition) is 16. The van der Waals surface area contributed by atoms with Gasteiger partial charge in [0.05, 0.1) is 6.61 Å². The molecule has 0 amide bonds. The van der Waals surface area contributed by atoms with Crippen molar-refractivity contribution >= 4 is 29.8 Å². The van der Waals surface area contributed by atoms with E-state index in [4.69, 9.17) is 37.9 Å². The highest BCUT2D eigenvalue weighted by molar-refractivity contribution is 5.89. The Hall–Kier alpha value is -3.93. The Labute approximate surface area is 927 Å². The molecule has 2 saturated heterocycles. The van der Waals surface area contributed by atoms with E-state index in [1.165, 1.54) is 424 Å². The highest BCUT2D eigenvalue weighted by Crippen LogP contribution is 2.38. The third-order valence-corrected chi connectivity index (χ3v) is 32.8. The number of aliphatic hydroxyl groups is 3. The van der Waals surface area contributed by atoms with Crippen LogP contribution in [-0.4, -0.2) is 120 Å². The van der Waals surface area contributed by atoms with Crippen LogP contribution >= 0.6 is 0 Å². The summed E-state index contributed by atoms with van der Waals surface area (Å²) in [6.45, 7) is 34.2. The van der Waals surface area contributed by atoms with Gasteiger partial charge in [0.2, 0.25) is 12.6 Å². The van der Waals surface area contributed by atoms with E-state index in [0.717, 1.165) is 103 Å². The molecular weight excluding hydrogens is 1870 g/mol. The van der Waals surface area contributed by atoms with Gasteiger partial charge in [0, 0.05) is 28.7 Å². The van der Waals surface area contributed by atoms with Gasteiger partial charge in [-0.15, -0.1) is 0 Å². The minimum atomic E-state index is -1.92. The Bertz CT molecular complexity index is 3270. The van der Waals surface area contributed by atoms with Crippen molar-refractivity contribution in [3.63, 3.8) is 0 Å². The SMILES string of the molecule is CCCCCCCCCCCCCCCCCCCC[C@H](C)C[C@H](C)/C=C(\C)C(=O)OC1[C@H](O)C(COC(=O)/C(C)=C/[C@@H](C)C[C@@H](C)CCCCCCCCCCCCCCCC)O[C@H](O[C@H]2OC(CO)[C@@H](OC(=O)/C(C)=C/[C@@H](C)C[C@@H](C)CCCCCCCCCCCCCCCC)C(O)[C@@H]2OC(=O)/C(C)=C/[C@@H](C)C[C@@H](C)CCCCCCCCCCCCCCCCCC)[C@@H]1OC(=O)CCCCCCCCCCCCCCC. The van der Waals surface area contributed by atoms with E-state index >= 15 is 9.59 Å². The van der Waals surface area contributed by atoms with Crippen molar-refractivity contribution in [2.45, 2.75) is 718 Å². The molecule has 2 heterocycles. The van der Waals surface area contributed by atoms with Gasteiger partial charge >= 0.3 is 29.8 Å². The number of allylic oxidation sites excluding steroid dienone is 4. The maximum absolute atomic E-state index is 15.1. The second-order valence-corrected chi connectivity index (χ2v) is 48.9. The van der Waals surface area contributed by atoms with Crippen molar-refractivity contribution in [1.29, 1.82) is 0 Å². The fourth-order valence-corrected chi connectivity index (χ4v) is 23.4. The summed E-state index contributed by atoms with van der Waals surface area (Å²) < 4.78 is 52.3. The number of carbonyl (C=O) groups is 5. The monoisotopic (exact) mass is 2110 g/mol. The average molecular weight is 2120 g/mol. The highest BCUT2D eigenvalue weighted by atomic mass is 16.8. The normalized spacial score (nSPS) is 20.1. The van der Waals surface area contributed by atoms with Crippen molar-refractivity contribution in [3.8, 4) is 0 Å². The average Bonchev–Trinajstić information content (AvgIpc) is 0.767. The highest BCUT2D eigenvalue weighted by Gasteiger charge is 2.56. The van der Waals surface area contributed by atoms with Crippen molar-refractivity contribution in [2.75, 3.05) is 13.2 Å². The van der Waals surface area contributed by atoms with E-state index < -0.39 is 104 Å². The molecule has 880 valence electrons. The number of unbranched alkanes of at least 4 members (excludes halogenated alkanes) is 70. The molecule has 0 aliphatic carbocycles. The molecule has 2 rings (SSSR count). The summed E-state index contributed by atoms with van der Waals surface area (Å²) in [5, 5.41) is 37.6. The third kappa shape index (κ3) is 76.7. The number of carbonyl (C=O) groups excluding carboxylic acids is 5. The second kappa shape index (κ2) is 98.2. The van der Waals surface area contributed by atoms with Gasteiger partial charge in [-0.1, -0.05) is 615 Å². The second-order valence-electron chi connectivity index (χ2n) is 48.9. The van der Waals surface area contributed by atoms with Gasteiger partial charge in [-0.2, -0.15) is 0 Å². The van der Waals surface area contributed by atoms with Crippen LogP contribution in [0.15, 0.2) is 46.6 Å². The van der Waals surface area contributed by atoms with E-state index in [2.05, 4.69) is 90.0 Å². The van der Waals surface area contributed by atoms with Gasteiger partial charge in [-0.25, -0.2) is 19.2 Å². The number of aliphatic hydroxyl groups excluding tert-OH is 3. The Morgan fingerprint density at radius 3 is 0.700 bits per heavy atom. The third-order valence-electron chi connectivity index (χ3n) is 32.8. The molecule has 16 heteroatoms. The van der Waals surface area contributed by atoms with Crippen molar-refractivity contribution in [1.82, 2.24) is 0 Å². The van der Waals surface area contributed by atoms with Crippen LogP contribution in [0.3, 0.4) is 0 Å². The van der Waals surface area contributed by atoms with Crippen LogP contribution in [0.2, 0.25) is 0 Å². The lowest BCUT2D eigenvalue weighted by atomic mass is 9.91. The molecule has 150 heavy (non-hydrogen) atoms. The zero-order valence-electron chi connectivity index (χ0n) is 102. The first-order valence-corrected chi connectivity index (χ1v) is 65.4. The molecule has 0 aromatic rings. The Morgan fingerprint density at radius 2 is 0.453 bits per heavy atom. The topological polar surface area (TPSA) is 220 Å². The molecule has 0 spiro atoms. The predicted octanol–water partition coefficient (Wildman–Crippen LogP) is 39.1. The molecule has 0 bridgehead atoms. The van der Waals surface area contributed by atoms with E-state index in [0.29, 0.717) is 41.2 Å². The number of esters is 5.